The quantitative estimate of drug-likeness (QED) is 0.126. The SMILES string of the molecule is Cc1ccc(C(=O)Oc2ccc(Br)cc2/C=N\NC(=O)c2ccc(NC(=O)c3ccccc3)cc2)cc1. The van der Waals surface area contributed by atoms with Crippen molar-refractivity contribution in [3.8, 4) is 5.75 Å². The molecule has 0 spiro atoms. The van der Waals surface area contributed by atoms with E-state index in [1.54, 1.807) is 78.9 Å². The lowest BCUT2D eigenvalue weighted by Gasteiger charge is -2.08. The average Bonchev–Trinajstić information content (AvgIpc) is 2.91. The van der Waals surface area contributed by atoms with E-state index in [0.29, 0.717) is 33.7 Å². The monoisotopic (exact) mass is 555 g/mol. The van der Waals surface area contributed by atoms with E-state index in [1.165, 1.54) is 6.21 Å². The van der Waals surface area contributed by atoms with Crippen LogP contribution in [0.1, 0.15) is 42.2 Å². The molecule has 0 fully saturated rings. The van der Waals surface area contributed by atoms with Gasteiger partial charge in [0.25, 0.3) is 11.8 Å². The maximum atomic E-state index is 12.5. The smallest absolute Gasteiger partial charge is 0.343 e. The summed E-state index contributed by atoms with van der Waals surface area (Å²) in [5, 5.41) is 6.80. The standard InChI is InChI=1S/C29H22BrN3O4/c1-19-7-9-22(10-8-19)29(36)37-26-16-13-24(30)17-23(26)18-31-33-28(35)21-11-14-25(15-12-21)32-27(34)20-5-3-2-4-6-20/h2-18H,1H3,(H,32,34)(H,33,35)/b31-18-. The Labute approximate surface area is 222 Å². The molecule has 0 saturated heterocycles. The molecule has 2 N–H and O–H groups in total. The third kappa shape index (κ3) is 6.99. The number of esters is 1. The molecule has 0 saturated carbocycles. The molecule has 4 aromatic rings. The molecule has 4 aromatic carbocycles. The summed E-state index contributed by atoms with van der Waals surface area (Å²) in [5.74, 6) is -0.883. The van der Waals surface area contributed by atoms with Crippen LogP contribution in [0.3, 0.4) is 0 Å². The summed E-state index contributed by atoms with van der Waals surface area (Å²) in [7, 11) is 0. The van der Waals surface area contributed by atoms with Gasteiger partial charge < -0.3 is 10.1 Å². The molecule has 8 heteroatoms. The van der Waals surface area contributed by atoms with Crippen LogP contribution in [0, 0.1) is 6.92 Å². The summed E-state index contributed by atoms with van der Waals surface area (Å²) in [6, 6.07) is 27.4. The Morgan fingerprint density at radius 3 is 2.14 bits per heavy atom. The molecule has 0 unspecified atom stereocenters. The summed E-state index contributed by atoms with van der Waals surface area (Å²) in [6.45, 7) is 1.94. The highest BCUT2D eigenvalue weighted by molar-refractivity contribution is 9.10. The van der Waals surface area contributed by atoms with Crippen molar-refractivity contribution in [1.82, 2.24) is 5.43 Å². The minimum atomic E-state index is -0.500. The van der Waals surface area contributed by atoms with Crippen molar-refractivity contribution in [2.45, 2.75) is 6.92 Å². The van der Waals surface area contributed by atoms with Crippen LogP contribution in [0.4, 0.5) is 5.69 Å². The highest BCUT2D eigenvalue weighted by atomic mass is 79.9. The Hall–Kier alpha value is -4.56. The Balaban J connectivity index is 1.38. The first kappa shape index (κ1) is 25.5. The van der Waals surface area contributed by atoms with Crippen LogP contribution in [-0.4, -0.2) is 24.0 Å². The maximum absolute atomic E-state index is 12.5. The lowest BCUT2D eigenvalue weighted by molar-refractivity contribution is 0.0734. The normalized spacial score (nSPS) is 10.6. The molecule has 184 valence electrons. The van der Waals surface area contributed by atoms with Crippen molar-refractivity contribution in [1.29, 1.82) is 0 Å². The summed E-state index contributed by atoms with van der Waals surface area (Å²) in [4.78, 5) is 37.3. The van der Waals surface area contributed by atoms with Crippen molar-refractivity contribution in [3.05, 3.63) is 129 Å². The van der Waals surface area contributed by atoms with Gasteiger partial charge in [-0.3, -0.25) is 9.59 Å². The van der Waals surface area contributed by atoms with Crippen molar-refractivity contribution < 1.29 is 19.1 Å². The molecule has 0 radical (unpaired) electrons. The van der Waals surface area contributed by atoms with Gasteiger partial charge in [0, 0.05) is 26.9 Å². The van der Waals surface area contributed by atoms with Gasteiger partial charge in [0.05, 0.1) is 11.8 Å². The molecule has 0 aliphatic rings. The van der Waals surface area contributed by atoms with Crippen LogP contribution < -0.4 is 15.5 Å². The summed E-state index contributed by atoms with van der Waals surface area (Å²) in [5.41, 5.74) is 5.87. The fourth-order valence-corrected chi connectivity index (χ4v) is 3.66. The number of ether oxygens (including phenoxy) is 1. The first-order valence-corrected chi connectivity index (χ1v) is 12.1. The van der Waals surface area contributed by atoms with E-state index in [0.717, 1.165) is 10.0 Å². The topological polar surface area (TPSA) is 96.9 Å². The molecule has 0 aliphatic heterocycles. The fourth-order valence-electron chi connectivity index (χ4n) is 3.28. The average molecular weight is 556 g/mol. The third-order valence-corrected chi connectivity index (χ3v) is 5.77. The number of halogens is 1. The van der Waals surface area contributed by atoms with Crippen LogP contribution in [0.25, 0.3) is 0 Å². The molecular weight excluding hydrogens is 534 g/mol. The predicted molar refractivity (Wildman–Crippen MR) is 146 cm³/mol. The fraction of sp³-hybridized carbons (Fsp3) is 0.0345. The van der Waals surface area contributed by atoms with E-state index in [4.69, 9.17) is 4.74 Å². The molecule has 0 heterocycles. The number of amides is 2. The summed E-state index contributed by atoms with van der Waals surface area (Å²) in [6.07, 6.45) is 1.40. The first-order valence-electron chi connectivity index (χ1n) is 11.3. The summed E-state index contributed by atoms with van der Waals surface area (Å²) < 4.78 is 6.30. The Bertz CT molecular complexity index is 1450. The van der Waals surface area contributed by atoms with Crippen molar-refractivity contribution >= 4 is 45.6 Å². The van der Waals surface area contributed by atoms with Gasteiger partial charge >= 0.3 is 5.97 Å². The lowest BCUT2D eigenvalue weighted by atomic mass is 10.1. The van der Waals surface area contributed by atoms with Gasteiger partial charge in [-0.1, -0.05) is 51.8 Å². The van der Waals surface area contributed by atoms with Gasteiger partial charge in [0.1, 0.15) is 5.75 Å². The van der Waals surface area contributed by atoms with Crippen molar-refractivity contribution in [2.24, 2.45) is 5.10 Å². The van der Waals surface area contributed by atoms with Gasteiger partial charge in [-0.2, -0.15) is 5.10 Å². The number of benzene rings is 4. The van der Waals surface area contributed by atoms with E-state index < -0.39 is 11.9 Å². The van der Waals surface area contributed by atoms with Gasteiger partial charge in [-0.15, -0.1) is 0 Å². The molecule has 2 amide bonds. The zero-order chi connectivity index (χ0) is 26.2. The van der Waals surface area contributed by atoms with E-state index in [1.807, 2.05) is 25.1 Å². The molecule has 37 heavy (non-hydrogen) atoms. The van der Waals surface area contributed by atoms with Crippen LogP contribution in [0.15, 0.2) is 107 Å². The molecule has 0 aromatic heterocycles. The first-order chi connectivity index (χ1) is 17.9. The second kappa shape index (κ2) is 11.9. The molecule has 0 atom stereocenters. The zero-order valence-corrected chi connectivity index (χ0v) is 21.4. The number of rotatable bonds is 7. The van der Waals surface area contributed by atoms with Gasteiger partial charge in [-0.05, 0) is 73.7 Å². The Morgan fingerprint density at radius 1 is 0.784 bits per heavy atom. The van der Waals surface area contributed by atoms with Gasteiger partial charge in [-0.25, -0.2) is 10.2 Å². The molecular formula is C29H22BrN3O4. The number of anilines is 1. The maximum Gasteiger partial charge on any atom is 0.343 e. The highest BCUT2D eigenvalue weighted by Crippen LogP contribution is 2.23. The number of hydrogen-bond donors (Lipinski definition) is 2. The molecule has 4 rings (SSSR count). The van der Waals surface area contributed by atoms with E-state index in [-0.39, 0.29) is 5.91 Å². The highest BCUT2D eigenvalue weighted by Gasteiger charge is 2.12. The predicted octanol–water partition coefficient (Wildman–Crippen LogP) is 5.99. The molecule has 7 nitrogen and oxygen atoms in total. The molecule has 0 bridgehead atoms. The number of nitrogens with one attached hydrogen (secondary N) is 2. The van der Waals surface area contributed by atoms with Crippen LogP contribution in [-0.2, 0) is 0 Å². The number of carbonyl (C=O) groups is 3. The minimum absolute atomic E-state index is 0.240. The molecule has 0 aliphatic carbocycles. The number of hydrogen-bond acceptors (Lipinski definition) is 5. The minimum Gasteiger partial charge on any atom is -0.422 e. The lowest BCUT2D eigenvalue weighted by Crippen LogP contribution is -2.18. The number of carbonyl (C=O) groups excluding carboxylic acids is 3. The van der Waals surface area contributed by atoms with Gasteiger partial charge in [0.15, 0.2) is 0 Å². The summed E-state index contributed by atoms with van der Waals surface area (Å²) >= 11 is 3.39. The zero-order valence-electron chi connectivity index (χ0n) is 19.8. The van der Waals surface area contributed by atoms with Gasteiger partial charge in [0.2, 0.25) is 0 Å². The Kier molecular flexibility index (Phi) is 8.22. The second-order valence-corrected chi connectivity index (χ2v) is 8.95. The van der Waals surface area contributed by atoms with Crippen LogP contribution >= 0.6 is 15.9 Å². The number of aryl methyl sites for hydroxylation is 1. The third-order valence-electron chi connectivity index (χ3n) is 5.27. The second-order valence-electron chi connectivity index (χ2n) is 8.03. The van der Waals surface area contributed by atoms with E-state index >= 15 is 0 Å². The largest absolute Gasteiger partial charge is 0.422 e. The van der Waals surface area contributed by atoms with Crippen molar-refractivity contribution in [2.75, 3.05) is 5.32 Å². The van der Waals surface area contributed by atoms with Crippen molar-refractivity contribution in [3.63, 3.8) is 0 Å². The Morgan fingerprint density at radius 2 is 1.43 bits per heavy atom. The van der Waals surface area contributed by atoms with Crippen LogP contribution in [0.5, 0.6) is 5.75 Å². The van der Waals surface area contributed by atoms with Crippen LogP contribution in [0.2, 0.25) is 0 Å². The van der Waals surface area contributed by atoms with E-state index in [9.17, 15) is 14.4 Å². The van der Waals surface area contributed by atoms with E-state index in [2.05, 4.69) is 31.8 Å². The number of hydrazone groups is 1. The number of nitrogens with zero attached hydrogens (tertiary/aromatic N) is 1.